The Morgan fingerprint density at radius 3 is 2.72 bits per heavy atom. The first kappa shape index (κ1) is 19.2. The van der Waals surface area contributed by atoms with Crippen molar-refractivity contribution in [2.24, 2.45) is 10.9 Å². The number of nitrogens with one attached hydrogen (secondary N) is 2. The number of hydrogen-bond acceptors (Lipinski definition) is 3. The molecular formula is C19H30N4O2. The number of nitrogens with zero attached hydrogens (tertiary/aromatic N) is 2. The summed E-state index contributed by atoms with van der Waals surface area (Å²) >= 11 is 0. The molecule has 1 aliphatic rings. The number of rotatable bonds is 7. The molecule has 1 heterocycles. The number of aliphatic imine (C=N–C) groups is 1. The van der Waals surface area contributed by atoms with Gasteiger partial charge in [0.05, 0.1) is 6.61 Å². The predicted octanol–water partition coefficient (Wildman–Crippen LogP) is 2.47. The molecule has 1 atom stereocenters. The van der Waals surface area contributed by atoms with Crippen molar-refractivity contribution in [1.82, 2.24) is 10.2 Å². The Kier molecular flexibility index (Phi) is 7.73. The van der Waals surface area contributed by atoms with Gasteiger partial charge in [0.2, 0.25) is 5.91 Å². The Morgan fingerprint density at radius 1 is 1.36 bits per heavy atom. The number of carbonyl (C=O) groups is 1. The third kappa shape index (κ3) is 6.38. The van der Waals surface area contributed by atoms with Gasteiger partial charge in [0, 0.05) is 51.8 Å². The van der Waals surface area contributed by atoms with E-state index in [1.54, 1.807) is 7.05 Å². The molecule has 1 amide bonds. The highest BCUT2D eigenvalue weighted by molar-refractivity contribution is 5.90. The van der Waals surface area contributed by atoms with E-state index < -0.39 is 0 Å². The molecule has 0 aromatic heterocycles. The highest BCUT2D eigenvalue weighted by Gasteiger charge is 2.18. The molecule has 0 bridgehead atoms. The fraction of sp³-hybridized carbons (Fsp3) is 0.579. The zero-order valence-corrected chi connectivity index (χ0v) is 15.5. The molecule has 0 radical (unpaired) electrons. The Bertz CT molecular complexity index is 565. The van der Waals surface area contributed by atoms with Crippen LogP contribution in [0.5, 0.6) is 0 Å². The Hall–Kier alpha value is -2.08. The maximum Gasteiger partial charge on any atom is 0.224 e. The van der Waals surface area contributed by atoms with Crippen LogP contribution in [0, 0.1) is 5.92 Å². The summed E-state index contributed by atoms with van der Waals surface area (Å²) in [5.41, 5.74) is 1.98. The lowest BCUT2D eigenvalue weighted by Crippen LogP contribution is -2.41. The highest BCUT2D eigenvalue weighted by Crippen LogP contribution is 2.13. The maximum absolute atomic E-state index is 11.6. The molecule has 6 heteroatoms. The molecule has 2 N–H and O–H groups in total. The smallest absolute Gasteiger partial charge is 0.224 e. The van der Waals surface area contributed by atoms with Crippen molar-refractivity contribution in [3.05, 3.63) is 29.8 Å². The van der Waals surface area contributed by atoms with Crippen molar-refractivity contribution in [3.63, 3.8) is 0 Å². The molecule has 1 aromatic rings. The van der Waals surface area contributed by atoms with Gasteiger partial charge in [-0.05, 0) is 30.5 Å². The number of carbonyl (C=O) groups excluding carboxylic acids is 1. The van der Waals surface area contributed by atoms with Gasteiger partial charge in [0.25, 0.3) is 0 Å². The van der Waals surface area contributed by atoms with E-state index in [1.807, 2.05) is 31.2 Å². The quantitative estimate of drug-likeness (QED) is 0.588. The highest BCUT2D eigenvalue weighted by atomic mass is 16.5. The van der Waals surface area contributed by atoms with Crippen molar-refractivity contribution in [2.45, 2.75) is 32.7 Å². The summed E-state index contributed by atoms with van der Waals surface area (Å²) in [6.45, 7) is 5.35. The molecule has 6 nitrogen and oxygen atoms in total. The number of ether oxygens (including phenoxy) is 1. The molecule has 25 heavy (non-hydrogen) atoms. The molecule has 1 unspecified atom stereocenters. The number of anilines is 1. The normalized spacial score (nSPS) is 17.4. The molecule has 0 spiro atoms. The van der Waals surface area contributed by atoms with Crippen LogP contribution < -0.4 is 10.6 Å². The molecule has 0 aliphatic carbocycles. The second-order valence-electron chi connectivity index (χ2n) is 6.51. The molecule has 1 saturated heterocycles. The summed E-state index contributed by atoms with van der Waals surface area (Å²) in [4.78, 5) is 18.1. The lowest BCUT2D eigenvalue weighted by atomic mass is 10.1. The van der Waals surface area contributed by atoms with Crippen molar-refractivity contribution in [1.29, 1.82) is 0 Å². The van der Waals surface area contributed by atoms with Crippen LogP contribution in [0.3, 0.4) is 0 Å². The summed E-state index contributed by atoms with van der Waals surface area (Å²) in [6.07, 6.45) is 2.53. The van der Waals surface area contributed by atoms with Gasteiger partial charge in [-0.3, -0.25) is 9.79 Å². The maximum atomic E-state index is 11.6. The summed E-state index contributed by atoms with van der Waals surface area (Å²) in [5.74, 6) is 1.52. The molecule has 0 saturated carbocycles. The fourth-order valence-corrected chi connectivity index (χ4v) is 2.92. The van der Waals surface area contributed by atoms with Crippen LogP contribution in [0.15, 0.2) is 29.3 Å². The van der Waals surface area contributed by atoms with Crippen LogP contribution in [-0.4, -0.2) is 50.6 Å². The van der Waals surface area contributed by atoms with Crippen molar-refractivity contribution in [3.8, 4) is 0 Å². The standard InChI is InChI=1S/C19H30N4O2/c1-4-5-18(24)22-17-8-6-15(7-9-17)12-21-19(20-2)23(3)13-16-10-11-25-14-16/h6-9,16H,4-5,10-14H2,1-3H3,(H,20,21)(H,22,24). The van der Waals surface area contributed by atoms with Gasteiger partial charge in [-0.15, -0.1) is 0 Å². The Morgan fingerprint density at radius 2 is 2.12 bits per heavy atom. The average molecular weight is 346 g/mol. The first-order valence-electron chi connectivity index (χ1n) is 9.00. The van der Waals surface area contributed by atoms with E-state index in [-0.39, 0.29) is 5.91 Å². The summed E-state index contributed by atoms with van der Waals surface area (Å²) in [5, 5.41) is 6.29. The third-order valence-corrected chi connectivity index (χ3v) is 4.29. The number of guanidine groups is 1. The van der Waals surface area contributed by atoms with Crippen LogP contribution in [0.2, 0.25) is 0 Å². The zero-order chi connectivity index (χ0) is 18.1. The van der Waals surface area contributed by atoms with Gasteiger partial charge in [-0.1, -0.05) is 19.1 Å². The second kappa shape index (κ2) is 10.0. The third-order valence-electron chi connectivity index (χ3n) is 4.29. The van der Waals surface area contributed by atoms with Crippen LogP contribution in [-0.2, 0) is 16.1 Å². The van der Waals surface area contributed by atoms with E-state index in [9.17, 15) is 4.79 Å². The number of benzene rings is 1. The summed E-state index contributed by atoms with van der Waals surface area (Å²) in [6, 6.07) is 7.92. The van der Waals surface area contributed by atoms with Crippen LogP contribution in [0.25, 0.3) is 0 Å². The second-order valence-corrected chi connectivity index (χ2v) is 6.51. The summed E-state index contributed by atoms with van der Waals surface area (Å²) < 4.78 is 5.44. The Balaban J connectivity index is 1.81. The van der Waals surface area contributed by atoms with E-state index in [0.717, 1.165) is 49.8 Å². The van der Waals surface area contributed by atoms with Crippen molar-refractivity contribution < 1.29 is 9.53 Å². The minimum atomic E-state index is 0.0614. The molecular weight excluding hydrogens is 316 g/mol. The van der Waals surface area contributed by atoms with Crippen LogP contribution in [0.1, 0.15) is 31.7 Å². The van der Waals surface area contributed by atoms with Gasteiger partial charge in [0.1, 0.15) is 0 Å². The molecule has 1 aliphatic heterocycles. The monoisotopic (exact) mass is 346 g/mol. The van der Waals surface area contributed by atoms with Crippen LogP contribution >= 0.6 is 0 Å². The first-order valence-corrected chi connectivity index (χ1v) is 9.00. The number of amides is 1. The molecule has 1 aromatic carbocycles. The summed E-state index contributed by atoms with van der Waals surface area (Å²) in [7, 11) is 3.86. The van der Waals surface area contributed by atoms with Crippen LogP contribution in [0.4, 0.5) is 5.69 Å². The van der Waals surface area contributed by atoms with Crippen molar-refractivity contribution >= 4 is 17.6 Å². The molecule has 2 rings (SSSR count). The van der Waals surface area contributed by atoms with E-state index in [4.69, 9.17) is 4.74 Å². The van der Waals surface area contributed by atoms with E-state index in [1.165, 1.54) is 0 Å². The first-order chi connectivity index (χ1) is 12.1. The zero-order valence-electron chi connectivity index (χ0n) is 15.5. The van der Waals surface area contributed by atoms with Gasteiger partial charge < -0.3 is 20.3 Å². The van der Waals surface area contributed by atoms with E-state index >= 15 is 0 Å². The Labute approximate surface area is 150 Å². The SMILES string of the molecule is CCCC(=O)Nc1ccc(CNC(=NC)N(C)CC2CCOC2)cc1. The molecule has 1 fully saturated rings. The largest absolute Gasteiger partial charge is 0.381 e. The minimum Gasteiger partial charge on any atom is -0.381 e. The van der Waals surface area contributed by atoms with Gasteiger partial charge >= 0.3 is 0 Å². The average Bonchev–Trinajstić information content (AvgIpc) is 3.10. The van der Waals surface area contributed by atoms with Gasteiger partial charge in [-0.25, -0.2) is 0 Å². The molecule has 138 valence electrons. The van der Waals surface area contributed by atoms with Gasteiger partial charge in [0.15, 0.2) is 5.96 Å². The van der Waals surface area contributed by atoms with Crippen molar-refractivity contribution in [2.75, 3.05) is 39.2 Å². The lowest BCUT2D eigenvalue weighted by molar-refractivity contribution is -0.116. The topological polar surface area (TPSA) is 66.0 Å². The van der Waals surface area contributed by atoms with E-state index in [0.29, 0.717) is 18.9 Å². The predicted molar refractivity (Wildman–Crippen MR) is 102 cm³/mol. The fourth-order valence-electron chi connectivity index (χ4n) is 2.92. The minimum absolute atomic E-state index is 0.0614. The van der Waals surface area contributed by atoms with Gasteiger partial charge in [-0.2, -0.15) is 0 Å². The van der Waals surface area contributed by atoms with E-state index in [2.05, 4.69) is 27.6 Å². The number of hydrogen-bond donors (Lipinski definition) is 2. The lowest BCUT2D eigenvalue weighted by Gasteiger charge is -2.24.